The Morgan fingerprint density at radius 1 is 1.09 bits per heavy atom. The molecule has 5 fully saturated rings. The summed E-state index contributed by atoms with van der Waals surface area (Å²) in [6.07, 6.45) is 10.3. The monoisotopic (exact) mass is 337 g/mol. The van der Waals surface area contributed by atoms with E-state index in [2.05, 4.69) is 12.2 Å². The van der Waals surface area contributed by atoms with Gasteiger partial charge < -0.3 is 5.32 Å². The summed E-state index contributed by atoms with van der Waals surface area (Å²) in [6.45, 7) is 2.12. The lowest BCUT2D eigenvalue weighted by Gasteiger charge is -2.57. The maximum atomic E-state index is 12.3. The average Bonchev–Trinajstić information content (AvgIpc) is 2.76. The van der Waals surface area contributed by atoms with Crippen molar-refractivity contribution >= 4 is 15.7 Å². The first kappa shape index (κ1) is 15.7. The Balaban J connectivity index is 1.45. The fourth-order valence-corrected chi connectivity index (χ4v) is 7.77. The zero-order valence-electron chi connectivity index (χ0n) is 13.9. The predicted molar refractivity (Wildman–Crippen MR) is 89.6 cm³/mol. The van der Waals surface area contributed by atoms with Crippen molar-refractivity contribution in [2.45, 2.75) is 57.9 Å². The molecule has 5 heteroatoms. The average molecular weight is 337 g/mol. The molecule has 128 valence electrons. The first-order valence-corrected chi connectivity index (χ1v) is 10.9. The van der Waals surface area contributed by atoms with Gasteiger partial charge in [-0.05, 0) is 75.0 Å². The van der Waals surface area contributed by atoms with Crippen molar-refractivity contribution < 1.29 is 13.2 Å². The van der Waals surface area contributed by atoms with Crippen LogP contribution in [0.4, 0.5) is 0 Å². The summed E-state index contributed by atoms with van der Waals surface area (Å²) in [5.41, 5.74) is 1.49. The van der Waals surface area contributed by atoms with Crippen LogP contribution in [0.15, 0.2) is 11.6 Å². The van der Waals surface area contributed by atoms with Gasteiger partial charge in [0.1, 0.15) is 0 Å². The number of hydrogen-bond donors (Lipinski definition) is 1. The first-order valence-electron chi connectivity index (χ1n) is 9.03. The third kappa shape index (κ3) is 2.97. The predicted octanol–water partition coefficient (Wildman–Crippen LogP) is 2.45. The molecule has 0 spiro atoms. The van der Waals surface area contributed by atoms with Crippen LogP contribution >= 0.6 is 0 Å². The molecule has 0 radical (unpaired) electrons. The topological polar surface area (TPSA) is 63.2 Å². The Kier molecular flexibility index (Phi) is 3.63. The van der Waals surface area contributed by atoms with Crippen LogP contribution in [0.3, 0.4) is 0 Å². The van der Waals surface area contributed by atoms with E-state index in [1.165, 1.54) is 44.1 Å². The Morgan fingerprint density at radius 3 is 2.13 bits per heavy atom. The zero-order chi connectivity index (χ0) is 16.2. The third-order valence-electron chi connectivity index (χ3n) is 6.80. The van der Waals surface area contributed by atoms with E-state index in [1.54, 1.807) is 6.08 Å². The standard InChI is InChI=1S/C18H27NO3S/c1-12(4-17(20)19-16-2-3-23(21,22)11-16)18-8-13-5-14(9-18)7-15(6-13)10-18/h4,13-16H,2-3,5-11H2,1H3,(H,19,20)/b12-4-/t13?,14?,15?,16-,18?/m0/s1. The number of allylic oxidation sites excluding steroid dienone is 1. The number of carbonyl (C=O) groups is 1. The lowest BCUT2D eigenvalue weighted by Crippen LogP contribution is -2.47. The summed E-state index contributed by atoms with van der Waals surface area (Å²) in [5.74, 6) is 2.81. The zero-order valence-corrected chi connectivity index (χ0v) is 14.7. The molecule has 4 aliphatic carbocycles. The molecule has 1 aliphatic heterocycles. The molecule has 1 amide bonds. The minimum Gasteiger partial charge on any atom is -0.349 e. The molecule has 0 aromatic carbocycles. The van der Waals surface area contributed by atoms with Crippen molar-refractivity contribution in [3.63, 3.8) is 0 Å². The third-order valence-corrected chi connectivity index (χ3v) is 8.57. The van der Waals surface area contributed by atoms with Gasteiger partial charge in [-0.1, -0.05) is 5.57 Å². The molecule has 4 nitrogen and oxygen atoms in total. The molecule has 0 unspecified atom stereocenters. The number of amides is 1. The second-order valence-electron chi connectivity index (χ2n) is 8.63. The minimum absolute atomic E-state index is 0.0969. The highest BCUT2D eigenvalue weighted by molar-refractivity contribution is 7.91. The SMILES string of the molecule is C/C(=C/C(=O)N[C@H]1CCS(=O)(=O)C1)C12CC3CC(CC(C3)C1)C2. The normalized spacial score (nSPS) is 44.5. The van der Waals surface area contributed by atoms with E-state index in [4.69, 9.17) is 0 Å². The largest absolute Gasteiger partial charge is 0.349 e. The van der Waals surface area contributed by atoms with Crippen molar-refractivity contribution in [1.29, 1.82) is 0 Å². The molecule has 5 rings (SSSR count). The van der Waals surface area contributed by atoms with Gasteiger partial charge in [0.25, 0.3) is 0 Å². The van der Waals surface area contributed by atoms with Crippen LogP contribution < -0.4 is 5.32 Å². The molecule has 4 bridgehead atoms. The van der Waals surface area contributed by atoms with Crippen LogP contribution in [0.5, 0.6) is 0 Å². The molecule has 23 heavy (non-hydrogen) atoms. The maximum Gasteiger partial charge on any atom is 0.244 e. The fourth-order valence-electron chi connectivity index (χ4n) is 6.10. The van der Waals surface area contributed by atoms with Crippen LogP contribution in [0.1, 0.15) is 51.9 Å². The van der Waals surface area contributed by atoms with E-state index in [0.717, 1.165) is 17.8 Å². The van der Waals surface area contributed by atoms with Gasteiger partial charge in [0, 0.05) is 12.1 Å². The van der Waals surface area contributed by atoms with Crippen LogP contribution in [0, 0.1) is 23.2 Å². The van der Waals surface area contributed by atoms with E-state index in [0.29, 0.717) is 6.42 Å². The number of nitrogens with one attached hydrogen (secondary N) is 1. The van der Waals surface area contributed by atoms with Gasteiger partial charge in [0.15, 0.2) is 9.84 Å². The van der Waals surface area contributed by atoms with Crippen molar-refractivity contribution in [3.05, 3.63) is 11.6 Å². The van der Waals surface area contributed by atoms with Crippen LogP contribution in [0.2, 0.25) is 0 Å². The van der Waals surface area contributed by atoms with Gasteiger partial charge in [0.05, 0.1) is 11.5 Å². The smallest absolute Gasteiger partial charge is 0.244 e. The summed E-state index contributed by atoms with van der Waals surface area (Å²) in [5, 5.41) is 2.90. The number of sulfone groups is 1. The van der Waals surface area contributed by atoms with E-state index >= 15 is 0 Å². The van der Waals surface area contributed by atoms with Gasteiger partial charge in [-0.15, -0.1) is 0 Å². The fraction of sp³-hybridized carbons (Fsp3) is 0.833. The van der Waals surface area contributed by atoms with Gasteiger partial charge >= 0.3 is 0 Å². The van der Waals surface area contributed by atoms with E-state index < -0.39 is 9.84 Å². The Morgan fingerprint density at radius 2 is 1.65 bits per heavy atom. The van der Waals surface area contributed by atoms with Crippen molar-refractivity contribution in [2.24, 2.45) is 23.2 Å². The number of carbonyl (C=O) groups excluding carboxylic acids is 1. The van der Waals surface area contributed by atoms with E-state index in [1.807, 2.05) is 0 Å². The quantitative estimate of drug-likeness (QED) is 0.805. The molecule has 0 aromatic rings. The molecule has 4 saturated carbocycles. The molecule has 1 atom stereocenters. The highest BCUT2D eigenvalue weighted by Crippen LogP contribution is 2.62. The van der Waals surface area contributed by atoms with Crippen LogP contribution in [-0.4, -0.2) is 31.9 Å². The second kappa shape index (κ2) is 5.33. The lowest BCUT2D eigenvalue weighted by atomic mass is 9.48. The lowest BCUT2D eigenvalue weighted by molar-refractivity contribution is -0.117. The summed E-state index contributed by atoms with van der Waals surface area (Å²) >= 11 is 0. The molecular weight excluding hydrogens is 310 g/mol. The summed E-state index contributed by atoms with van der Waals surface area (Å²) in [4.78, 5) is 12.3. The van der Waals surface area contributed by atoms with Crippen LogP contribution in [0.25, 0.3) is 0 Å². The Labute approximate surface area is 139 Å². The van der Waals surface area contributed by atoms with Crippen LogP contribution in [-0.2, 0) is 14.6 Å². The first-order chi connectivity index (χ1) is 10.8. The van der Waals surface area contributed by atoms with Gasteiger partial charge in [-0.3, -0.25) is 4.79 Å². The van der Waals surface area contributed by atoms with E-state index in [-0.39, 0.29) is 28.9 Å². The van der Waals surface area contributed by atoms with Crippen molar-refractivity contribution in [2.75, 3.05) is 11.5 Å². The molecule has 0 aromatic heterocycles. The summed E-state index contributed by atoms with van der Waals surface area (Å²) in [6, 6.07) is -0.201. The van der Waals surface area contributed by atoms with Crippen molar-refractivity contribution in [3.8, 4) is 0 Å². The van der Waals surface area contributed by atoms with Gasteiger partial charge in [-0.2, -0.15) is 0 Å². The highest BCUT2D eigenvalue weighted by Gasteiger charge is 2.51. The molecular formula is C18H27NO3S. The van der Waals surface area contributed by atoms with Crippen molar-refractivity contribution in [1.82, 2.24) is 5.32 Å². The van der Waals surface area contributed by atoms with Gasteiger partial charge in [-0.25, -0.2) is 8.42 Å². The Hall–Kier alpha value is -0.840. The number of hydrogen-bond acceptors (Lipinski definition) is 3. The maximum absolute atomic E-state index is 12.3. The molecule has 1 heterocycles. The van der Waals surface area contributed by atoms with Gasteiger partial charge in [0.2, 0.25) is 5.91 Å². The molecule has 1 N–H and O–H groups in total. The second-order valence-corrected chi connectivity index (χ2v) is 10.9. The highest BCUT2D eigenvalue weighted by atomic mass is 32.2. The molecule has 1 saturated heterocycles. The number of rotatable bonds is 3. The minimum atomic E-state index is -2.94. The molecule has 5 aliphatic rings. The van der Waals surface area contributed by atoms with E-state index in [9.17, 15) is 13.2 Å². The Bertz CT molecular complexity index is 614. The summed E-state index contributed by atoms with van der Waals surface area (Å²) < 4.78 is 23.0. The summed E-state index contributed by atoms with van der Waals surface area (Å²) in [7, 11) is -2.94.